The first kappa shape index (κ1) is 8.57. The second kappa shape index (κ2) is 3.79. The fourth-order valence-electron chi connectivity index (χ4n) is 1.45. The highest BCUT2D eigenvalue weighted by Gasteiger charge is 2.13. The van der Waals surface area contributed by atoms with Crippen LogP contribution in [-0.2, 0) is 6.42 Å². The van der Waals surface area contributed by atoms with Crippen LogP contribution in [0, 0.1) is 0 Å². The highest BCUT2D eigenvalue weighted by atomic mass is 35.5. The molecular weight excluding hydrogens is 184 g/mol. The van der Waals surface area contributed by atoms with E-state index in [-0.39, 0.29) is 0 Å². The number of alkyl halides is 1. The van der Waals surface area contributed by atoms with Crippen molar-refractivity contribution in [3.8, 4) is 0 Å². The molecule has 1 aromatic rings. The van der Waals surface area contributed by atoms with Gasteiger partial charge in [0.1, 0.15) is 5.84 Å². The summed E-state index contributed by atoms with van der Waals surface area (Å²) in [6, 6.07) is 8.26. The summed E-state index contributed by atoms with van der Waals surface area (Å²) in [5.41, 5.74) is 2.49. The van der Waals surface area contributed by atoms with Gasteiger partial charge in [-0.1, -0.05) is 18.2 Å². The van der Waals surface area contributed by atoms with Crippen molar-refractivity contribution in [3.63, 3.8) is 0 Å². The Morgan fingerprint density at radius 1 is 1.38 bits per heavy atom. The minimum absolute atomic E-state index is 0.585. The fourth-order valence-corrected chi connectivity index (χ4v) is 1.53. The third-order valence-electron chi connectivity index (χ3n) is 2.04. The molecule has 0 aliphatic carbocycles. The van der Waals surface area contributed by atoms with E-state index in [0.717, 1.165) is 12.3 Å². The Morgan fingerprint density at radius 2 is 2.23 bits per heavy atom. The van der Waals surface area contributed by atoms with Crippen LogP contribution in [0.1, 0.15) is 5.56 Å². The average molecular weight is 195 g/mol. The average Bonchev–Trinajstić information content (AvgIpc) is 2.57. The third kappa shape index (κ3) is 1.83. The minimum atomic E-state index is 0.585. The van der Waals surface area contributed by atoms with Crippen LogP contribution in [0.4, 0.5) is 5.69 Å². The molecule has 1 aliphatic heterocycles. The maximum atomic E-state index is 5.56. The topological polar surface area (TPSA) is 24.4 Å². The number of para-hydroxylation sites is 1. The second-order valence-corrected chi connectivity index (χ2v) is 3.35. The first-order valence-electron chi connectivity index (χ1n) is 4.34. The van der Waals surface area contributed by atoms with E-state index in [1.807, 2.05) is 12.1 Å². The molecule has 3 heteroatoms. The van der Waals surface area contributed by atoms with Crippen LogP contribution in [0.3, 0.4) is 0 Å². The molecule has 0 bridgehead atoms. The van der Waals surface area contributed by atoms with Gasteiger partial charge in [-0.3, -0.25) is 4.99 Å². The zero-order chi connectivity index (χ0) is 9.10. The number of hydrogen-bond acceptors (Lipinski definition) is 1. The lowest BCUT2D eigenvalue weighted by Crippen LogP contribution is -2.07. The van der Waals surface area contributed by atoms with Crippen molar-refractivity contribution in [3.05, 3.63) is 29.8 Å². The zero-order valence-electron chi connectivity index (χ0n) is 7.26. The van der Waals surface area contributed by atoms with Crippen LogP contribution in [0.5, 0.6) is 0 Å². The second-order valence-electron chi connectivity index (χ2n) is 2.98. The predicted octanol–water partition coefficient (Wildman–Crippen LogP) is 2.29. The molecule has 1 aromatic carbocycles. The third-order valence-corrected chi connectivity index (χ3v) is 2.21. The van der Waals surface area contributed by atoms with E-state index in [2.05, 4.69) is 22.4 Å². The Balaban J connectivity index is 2.13. The van der Waals surface area contributed by atoms with E-state index in [1.165, 1.54) is 11.3 Å². The summed E-state index contributed by atoms with van der Waals surface area (Å²) in [4.78, 5) is 4.33. The van der Waals surface area contributed by atoms with Crippen molar-refractivity contribution < 1.29 is 0 Å². The van der Waals surface area contributed by atoms with Crippen molar-refractivity contribution in [1.29, 1.82) is 0 Å². The van der Waals surface area contributed by atoms with Crippen LogP contribution in [0.2, 0.25) is 0 Å². The standard InChI is InChI=1S/C10H11ClN2/c11-5-6-12-10-7-8-3-1-2-4-9(8)13-10/h1-4H,5-7H2,(H,12,13). The number of halogens is 1. The molecule has 0 saturated heterocycles. The Hall–Kier alpha value is -1.02. The van der Waals surface area contributed by atoms with Gasteiger partial charge in [-0.05, 0) is 11.6 Å². The normalized spacial score (nSPS) is 17.2. The molecule has 2 rings (SSSR count). The lowest BCUT2D eigenvalue weighted by atomic mass is 10.2. The molecule has 2 nitrogen and oxygen atoms in total. The molecule has 13 heavy (non-hydrogen) atoms. The number of rotatable bonds is 2. The van der Waals surface area contributed by atoms with E-state index >= 15 is 0 Å². The van der Waals surface area contributed by atoms with Crippen LogP contribution in [0.15, 0.2) is 29.3 Å². The smallest absolute Gasteiger partial charge is 0.105 e. The summed E-state index contributed by atoms with van der Waals surface area (Å²) in [6.45, 7) is 0.692. The number of nitrogens with zero attached hydrogens (tertiary/aromatic N) is 1. The summed E-state index contributed by atoms with van der Waals surface area (Å²) in [6.07, 6.45) is 0.910. The molecule has 0 unspecified atom stereocenters. The van der Waals surface area contributed by atoms with E-state index in [1.54, 1.807) is 0 Å². The SMILES string of the molecule is ClCCN=C1Cc2ccccc2N1. The van der Waals surface area contributed by atoms with Gasteiger partial charge in [0, 0.05) is 18.0 Å². The van der Waals surface area contributed by atoms with Crippen molar-refractivity contribution in [2.45, 2.75) is 6.42 Å². The van der Waals surface area contributed by atoms with Gasteiger partial charge in [0.15, 0.2) is 0 Å². The molecule has 1 N–H and O–H groups in total. The van der Waals surface area contributed by atoms with Crippen molar-refractivity contribution in [2.75, 3.05) is 17.7 Å². The number of hydrogen-bond donors (Lipinski definition) is 1. The van der Waals surface area contributed by atoms with Gasteiger partial charge in [-0.25, -0.2) is 0 Å². The molecule has 1 heterocycles. The van der Waals surface area contributed by atoms with Gasteiger partial charge in [0.2, 0.25) is 0 Å². The molecule has 0 fully saturated rings. The lowest BCUT2D eigenvalue weighted by molar-refractivity contribution is 1.12. The van der Waals surface area contributed by atoms with Crippen molar-refractivity contribution in [2.24, 2.45) is 4.99 Å². The molecule has 0 radical (unpaired) electrons. The van der Waals surface area contributed by atoms with E-state index in [9.17, 15) is 0 Å². The number of anilines is 1. The van der Waals surface area contributed by atoms with Gasteiger partial charge in [-0.2, -0.15) is 0 Å². The molecule has 0 amide bonds. The number of benzene rings is 1. The highest BCUT2D eigenvalue weighted by Crippen LogP contribution is 2.22. The fraction of sp³-hybridized carbons (Fsp3) is 0.300. The van der Waals surface area contributed by atoms with Crippen LogP contribution in [-0.4, -0.2) is 18.3 Å². The summed E-state index contributed by atoms with van der Waals surface area (Å²) in [5, 5.41) is 3.26. The maximum Gasteiger partial charge on any atom is 0.105 e. The van der Waals surface area contributed by atoms with Crippen molar-refractivity contribution >= 4 is 23.1 Å². The van der Waals surface area contributed by atoms with E-state index in [4.69, 9.17) is 11.6 Å². The number of amidine groups is 1. The Kier molecular flexibility index (Phi) is 2.50. The Morgan fingerprint density at radius 3 is 3.00 bits per heavy atom. The van der Waals surface area contributed by atoms with Gasteiger partial charge in [0.05, 0.1) is 6.54 Å². The highest BCUT2D eigenvalue weighted by molar-refractivity contribution is 6.18. The van der Waals surface area contributed by atoms with Gasteiger partial charge in [0.25, 0.3) is 0 Å². The predicted molar refractivity (Wildman–Crippen MR) is 56.8 cm³/mol. The van der Waals surface area contributed by atoms with Crippen molar-refractivity contribution in [1.82, 2.24) is 0 Å². The monoisotopic (exact) mass is 194 g/mol. The summed E-state index contributed by atoms with van der Waals surface area (Å²) >= 11 is 5.56. The Bertz CT molecular complexity index is 306. The van der Waals surface area contributed by atoms with E-state index in [0.29, 0.717) is 12.4 Å². The first-order valence-corrected chi connectivity index (χ1v) is 4.88. The molecule has 0 spiro atoms. The summed E-state index contributed by atoms with van der Waals surface area (Å²) < 4.78 is 0. The Labute approximate surface area is 82.6 Å². The summed E-state index contributed by atoms with van der Waals surface area (Å²) in [5.74, 6) is 1.61. The molecule has 1 aliphatic rings. The first-order chi connectivity index (χ1) is 6.40. The number of fused-ring (bicyclic) bond motifs is 1. The van der Waals surface area contributed by atoms with Crippen LogP contribution in [0.25, 0.3) is 0 Å². The number of nitrogens with one attached hydrogen (secondary N) is 1. The zero-order valence-corrected chi connectivity index (χ0v) is 8.01. The molecule has 0 saturated carbocycles. The van der Waals surface area contributed by atoms with Gasteiger partial charge >= 0.3 is 0 Å². The lowest BCUT2D eigenvalue weighted by Gasteiger charge is -1.97. The van der Waals surface area contributed by atoms with Crippen LogP contribution >= 0.6 is 11.6 Å². The molecule has 68 valence electrons. The molecular formula is C10H11ClN2. The number of aliphatic imine (C=N–C) groups is 1. The van der Waals surface area contributed by atoms with Gasteiger partial charge in [-0.15, -0.1) is 11.6 Å². The maximum absolute atomic E-state index is 5.56. The van der Waals surface area contributed by atoms with Gasteiger partial charge < -0.3 is 5.32 Å². The molecule has 0 atom stereocenters. The molecule has 0 aromatic heterocycles. The van der Waals surface area contributed by atoms with Crippen LogP contribution < -0.4 is 5.32 Å². The van der Waals surface area contributed by atoms with E-state index < -0.39 is 0 Å². The largest absolute Gasteiger partial charge is 0.344 e. The quantitative estimate of drug-likeness (QED) is 0.718. The summed E-state index contributed by atoms with van der Waals surface area (Å²) in [7, 11) is 0. The minimum Gasteiger partial charge on any atom is -0.344 e.